The number of carbonyl (C=O) groups is 1. The SMILES string of the molecule is CCC(C(=O)N1CCCN(C2CCSCC2)CC1)c1ccccc1. The lowest BCUT2D eigenvalue weighted by molar-refractivity contribution is -0.132. The summed E-state index contributed by atoms with van der Waals surface area (Å²) in [6.07, 6.45) is 4.63. The number of hydrogen-bond acceptors (Lipinski definition) is 3. The quantitative estimate of drug-likeness (QED) is 0.832. The van der Waals surface area contributed by atoms with E-state index in [4.69, 9.17) is 0 Å². The van der Waals surface area contributed by atoms with Crippen LogP contribution >= 0.6 is 11.8 Å². The lowest BCUT2D eigenvalue weighted by Gasteiger charge is -2.33. The lowest BCUT2D eigenvalue weighted by Crippen LogP contribution is -2.42. The van der Waals surface area contributed by atoms with E-state index < -0.39 is 0 Å². The molecule has 2 fully saturated rings. The maximum absolute atomic E-state index is 13.1. The van der Waals surface area contributed by atoms with Gasteiger partial charge in [0.1, 0.15) is 0 Å². The maximum Gasteiger partial charge on any atom is 0.230 e. The van der Waals surface area contributed by atoms with Crippen LogP contribution in [0.3, 0.4) is 0 Å². The Hall–Kier alpha value is -1.00. The molecule has 1 atom stereocenters. The molecule has 0 bridgehead atoms. The van der Waals surface area contributed by atoms with Gasteiger partial charge in [0, 0.05) is 32.2 Å². The van der Waals surface area contributed by atoms with Crippen molar-refractivity contribution in [3.8, 4) is 0 Å². The Morgan fingerprint density at radius 3 is 2.58 bits per heavy atom. The van der Waals surface area contributed by atoms with Crippen molar-refractivity contribution in [1.82, 2.24) is 9.80 Å². The lowest BCUT2D eigenvalue weighted by atomic mass is 9.95. The Morgan fingerprint density at radius 2 is 1.88 bits per heavy atom. The van der Waals surface area contributed by atoms with Crippen LogP contribution in [0.4, 0.5) is 0 Å². The van der Waals surface area contributed by atoms with Crippen LogP contribution in [0, 0.1) is 0 Å². The van der Waals surface area contributed by atoms with E-state index in [1.54, 1.807) is 0 Å². The van der Waals surface area contributed by atoms with Crippen LogP contribution in [-0.2, 0) is 4.79 Å². The summed E-state index contributed by atoms with van der Waals surface area (Å²) < 4.78 is 0. The van der Waals surface area contributed by atoms with Gasteiger partial charge in [0.2, 0.25) is 5.91 Å². The first-order valence-electron chi connectivity index (χ1n) is 9.45. The van der Waals surface area contributed by atoms with Crippen LogP contribution in [0.1, 0.15) is 44.1 Å². The molecule has 1 amide bonds. The highest BCUT2D eigenvalue weighted by Crippen LogP contribution is 2.25. The van der Waals surface area contributed by atoms with Gasteiger partial charge in [0.05, 0.1) is 5.92 Å². The van der Waals surface area contributed by atoms with Crippen LogP contribution in [0.25, 0.3) is 0 Å². The number of nitrogens with zero attached hydrogens (tertiary/aromatic N) is 2. The molecular weight excluding hydrogens is 316 g/mol. The minimum atomic E-state index is 0.0174. The molecule has 2 aliphatic rings. The van der Waals surface area contributed by atoms with Gasteiger partial charge in [-0.2, -0.15) is 11.8 Å². The summed E-state index contributed by atoms with van der Waals surface area (Å²) in [7, 11) is 0. The monoisotopic (exact) mass is 346 g/mol. The average molecular weight is 347 g/mol. The van der Waals surface area contributed by atoms with Gasteiger partial charge in [0.25, 0.3) is 0 Å². The van der Waals surface area contributed by atoms with E-state index in [1.165, 1.54) is 24.3 Å². The fourth-order valence-corrected chi connectivity index (χ4v) is 5.11. The number of rotatable bonds is 4. The van der Waals surface area contributed by atoms with Crippen molar-refractivity contribution in [3.63, 3.8) is 0 Å². The number of amides is 1. The molecule has 1 aromatic carbocycles. The number of hydrogen-bond donors (Lipinski definition) is 0. The highest BCUT2D eigenvalue weighted by molar-refractivity contribution is 7.99. The van der Waals surface area contributed by atoms with E-state index in [0.29, 0.717) is 5.91 Å². The van der Waals surface area contributed by atoms with Gasteiger partial charge in [-0.15, -0.1) is 0 Å². The van der Waals surface area contributed by atoms with Crippen molar-refractivity contribution in [2.75, 3.05) is 37.7 Å². The predicted molar refractivity (Wildman–Crippen MR) is 103 cm³/mol. The smallest absolute Gasteiger partial charge is 0.230 e. The zero-order valence-electron chi connectivity index (χ0n) is 14.8. The summed E-state index contributed by atoms with van der Waals surface area (Å²) in [4.78, 5) is 17.8. The van der Waals surface area contributed by atoms with Gasteiger partial charge in [0.15, 0.2) is 0 Å². The fraction of sp³-hybridized carbons (Fsp3) is 0.650. The van der Waals surface area contributed by atoms with Crippen molar-refractivity contribution in [3.05, 3.63) is 35.9 Å². The number of carbonyl (C=O) groups excluding carboxylic acids is 1. The van der Waals surface area contributed by atoms with E-state index in [1.807, 2.05) is 18.2 Å². The normalized spacial score (nSPS) is 22.1. The maximum atomic E-state index is 13.1. The fourth-order valence-electron chi connectivity index (χ4n) is 4.03. The summed E-state index contributed by atoms with van der Waals surface area (Å²) in [5.74, 6) is 2.94. The standard InChI is InChI=1S/C20H30N2OS/c1-2-19(17-7-4-3-5-8-17)20(23)22-12-6-11-21(13-14-22)18-9-15-24-16-10-18/h3-5,7-8,18-19H,2,6,9-16H2,1H3. The zero-order chi connectivity index (χ0) is 16.8. The van der Waals surface area contributed by atoms with E-state index in [9.17, 15) is 4.79 Å². The Balaban J connectivity index is 1.61. The molecule has 2 saturated heterocycles. The summed E-state index contributed by atoms with van der Waals surface area (Å²) >= 11 is 2.09. The molecule has 1 unspecified atom stereocenters. The summed E-state index contributed by atoms with van der Waals surface area (Å²) in [5.41, 5.74) is 1.16. The van der Waals surface area contributed by atoms with E-state index in [2.05, 4.69) is 40.6 Å². The van der Waals surface area contributed by atoms with Crippen molar-refractivity contribution in [2.45, 2.75) is 44.6 Å². The second-order valence-electron chi connectivity index (χ2n) is 6.93. The number of benzene rings is 1. The minimum Gasteiger partial charge on any atom is -0.341 e. The van der Waals surface area contributed by atoms with E-state index in [0.717, 1.165) is 50.6 Å². The molecular formula is C20H30N2OS. The molecule has 2 heterocycles. The molecule has 0 aliphatic carbocycles. The van der Waals surface area contributed by atoms with Gasteiger partial charge >= 0.3 is 0 Å². The molecule has 0 radical (unpaired) electrons. The minimum absolute atomic E-state index is 0.0174. The van der Waals surface area contributed by atoms with Crippen LogP contribution in [0.15, 0.2) is 30.3 Å². The van der Waals surface area contributed by atoms with Crippen LogP contribution in [0.5, 0.6) is 0 Å². The number of thioether (sulfide) groups is 1. The molecule has 132 valence electrons. The third-order valence-corrected chi connectivity index (χ3v) is 6.51. The molecule has 3 rings (SSSR count). The second kappa shape index (κ2) is 8.91. The zero-order valence-corrected chi connectivity index (χ0v) is 15.6. The van der Waals surface area contributed by atoms with Crippen molar-refractivity contribution in [1.29, 1.82) is 0 Å². The Kier molecular flexibility index (Phi) is 6.61. The van der Waals surface area contributed by atoms with Crippen LogP contribution in [0.2, 0.25) is 0 Å². The van der Waals surface area contributed by atoms with Crippen molar-refractivity contribution >= 4 is 17.7 Å². The average Bonchev–Trinajstić information content (AvgIpc) is 2.90. The molecule has 4 heteroatoms. The molecule has 3 nitrogen and oxygen atoms in total. The molecule has 2 aliphatic heterocycles. The van der Waals surface area contributed by atoms with Crippen molar-refractivity contribution in [2.24, 2.45) is 0 Å². The topological polar surface area (TPSA) is 23.6 Å². The molecule has 0 N–H and O–H groups in total. The summed E-state index contributed by atoms with van der Waals surface area (Å²) in [6.45, 7) is 6.14. The molecule has 24 heavy (non-hydrogen) atoms. The van der Waals surface area contributed by atoms with E-state index in [-0.39, 0.29) is 5.92 Å². The van der Waals surface area contributed by atoms with E-state index >= 15 is 0 Å². The van der Waals surface area contributed by atoms with Gasteiger partial charge in [-0.1, -0.05) is 37.3 Å². The summed E-state index contributed by atoms with van der Waals surface area (Å²) in [5, 5.41) is 0. The first kappa shape index (κ1) is 17.8. The Bertz CT molecular complexity index is 516. The highest BCUT2D eigenvalue weighted by Gasteiger charge is 2.28. The molecule has 1 aromatic rings. The summed E-state index contributed by atoms with van der Waals surface area (Å²) in [6, 6.07) is 11.0. The van der Waals surface area contributed by atoms with Gasteiger partial charge in [-0.25, -0.2) is 0 Å². The third-order valence-electron chi connectivity index (χ3n) is 5.46. The van der Waals surface area contributed by atoms with Crippen LogP contribution < -0.4 is 0 Å². The van der Waals surface area contributed by atoms with Gasteiger partial charge in [-0.3, -0.25) is 9.69 Å². The van der Waals surface area contributed by atoms with Crippen LogP contribution in [-0.4, -0.2) is 59.4 Å². The molecule has 0 saturated carbocycles. The largest absolute Gasteiger partial charge is 0.341 e. The molecule has 0 spiro atoms. The van der Waals surface area contributed by atoms with Gasteiger partial charge < -0.3 is 4.90 Å². The first-order chi connectivity index (χ1) is 11.8. The third kappa shape index (κ3) is 4.34. The molecule has 0 aromatic heterocycles. The predicted octanol–water partition coefficient (Wildman–Crippen LogP) is 3.61. The van der Waals surface area contributed by atoms with Crippen molar-refractivity contribution < 1.29 is 4.79 Å². The first-order valence-corrected chi connectivity index (χ1v) is 10.6. The Labute approximate surface area is 150 Å². The Morgan fingerprint density at radius 1 is 1.12 bits per heavy atom. The van der Waals surface area contributed by atoms with Gasteiger partial charge in [-0.05, 0) is 42.8 Å². The second-order valence-corrected chi connectivity index (χ2v) is 8.15. The highest BCUT2D eigenvalue weighted by atomic mass is 32.2.